The van der Waals surface area contributed by atoms with Crippen LogP contribution >= 0.6 is 23.4 Å². The van der Waals surface area contributed by atoms with Crippen molar-refractivity contribution in [3.05, 3.63) is 70.8 Å². The van der Waals surface area contributed by atoms with E-state index < -0.39 is 29.7 Å². The number of thioether (sulfide) groups is 1. The molecule has 0 aliphatic carbocycles. The summed E-state index contributed by atoms with van der Waals surface area (Å²) in [5, 5.41) is 6.20. The number of carbonyl (C=O) groups excluding carboxylic acids is 3. The number of anilines is 1. The van der Waals surface area contributed by atoms with Crippen molar-refractivity contribution in [3.8, 4) is 0 Å². The average molecular weight is 616 g/mol. The summed E-state index contributed by atoms with van der Waals surface area (Å²) >= 11 is 8.05. The van der Waals surface area contributed by atoms with Gasteiger partial charge in [-0.05, 0) is 81.4 Å². The summed E-state index contributed by atoms with van der Waals surface area (Å²) < 4.78 is 5.49. The Hall–Kier alpha value is -2.97. The van der Waals surface area contributed by atoms with Gasteiger partial charge in [0.15, 0.2) is 0 Å². The summed E-state index contributed by atoms with van der Waals surface area (Å²) in [6.45, 7) is 13.5. The third-order valence-corrected chi connectivity index (χ3v) is 7.59. The fraction of sp³-hybridized carbons (Fsp3) is 0.485. The van der Waals surface area contributed by atoms with Gasteiger partial charge in [0, 0.05) is 6.54 Å². The van der Waals surface area contributed by atoms with E-state index in [0.717, 1.165) is 30.4 Å². The maximum absolute atomic E-state index is 14.4. The average Bonchev–Trinajstić information content (AvgIpc) is 2.93. The van der Waals surface area contributed by atoms with Gasteiger partial charge in [0.2, 0.25) is 5.91 Å². The molecule has 0 spiro atoms. The largest absolute Gasteiger partial charge is 0.444 e. The number of unbranched alkanes of at least 4 members (excludes halogenated alkanes) is 3. The number of nitrogens with zero attached hydrogens (tertiary/aromatic N) is 1. The normalized spacial score (nSPS) is 12.6. The zero-order valence-corrected chi connectivity index (χ0v) is 27.4. The first kappa shape index (κ1) is 35.2. The molecule has 2 unspecified atom stereocenters. The number of aryl methyl sites for hydroxylation is 1. The fourth-order valence-corrected chi connectivity index (χ4v) is 5.27. The molecule has 0 saturated heterocycles. The van der Waals surface area contributed by atoms with Gasteiger partial charge in [-0.25, -0.2) is 4.79 Å². The van der Waals surface area contributed by atoms with E-state index in [1.54, 1.807) is 49.6 Å². The van der Waals surface area contributed by atoms with E-state index in [1.807, 2.05) is 49.6 Å². The Balaban J connectivity index is 2.60. The number of benzene rings is 2. The number of para-hydroxylation sites is 1. The molecule has 2 N–H and O–H groups in total. The van der Waals surface area contributed by atoms with Crippen molar-refractivity contribution in [2.75, 3.05) is 23.9 Å². The Kier molecular flexibility index (Phi) is 14.4. The highest BCUT2D eigenvalue weighted by Crippen LogP contribution is 2.30. The lowest BCUT2D eigenvalue weighted by atomic mass is 9.99. The van der Waals surface area contributed by atoms with E-state index in [0.29, 0.717) is 41.4 Å². The molecule has 2 aromatic rings. The molecule has 9 heteroatoms. The van der Waals surface area contributed by atoms with Crippen molar-refractivity contribution in [3.63, 3.8) is 0 Å². The van der Waals surface area contributed by atoms with E-state index in [1.165, 1.54) is 0 Å². The number of nitrogens with one attached hydrogen (secondary N) is 2. The molecule has 0 aliphatic rings. The van der Waals surface area contributed by atoms with Crippen LogP contribution in [0.1, 0.15) is 82.5 Å². The second-order valence-corrected chi connectivity index (χ2v) is 12.7. The number of amides is 3. The highest BCUT2D eigenvalue weighted by Gasteiger charge is 2.36. The predicted molar refractivity (Wildman–Crippen MR) is 176 cm³/mol. The molecule has 0 radical (unpaired) electrons. The number of halogens is 1. The van der Waals surface area contributed by atoms with E-state index in [4.69, 9.17) is 16.3 Å². The number of hydrogen-bond acceptors (Lipinski definition) is 5. The van der Waals surface area contributed by atoms with Crippen molar-refractivity contribution in [2.45, 2.75) is 84.4 Å². The molecule has 2 aromatic carbocycles. The number of carbonyl (C=O) groups is 3. The van der Waals surface area contributed by atoms with E-state index >= 15 is 0 Å². The van der Waals surface area contributed by atoms with Crippen LogP contribution in [0.2, 0.25) is 5.02 Å². The van der Waals surface area contributed by atoms with Gasteiger partial charge < -0.3 is 20.3 Å². The van der Waals surface area contributed by atoms with Crippen LogP contribution in [0.4, 0.5) is 10.5 Å². The van der Waals surface area contributed by atoms with Gasteiger partial charge in [0.25, 0.3) is 5.91 Å². The summed E-state index contributed by atoms with van der Waals surface area (Å²) in [6.07, 6.45) is 7.01. The zero-order valence-electron chi connectivity index (χ0n) is 25.8. The summed E-state index contributed by atoms with van der Waals surface area (Å²) in [5.41, 5.74) is 2.04. The van der Waals surface area contributed by atoms with E-state index in [9.17, 15) is 14.4 Å². The molecular weight excluding hydrogens is 570 g/mol. The van der Waals surface area contributed by atoms with Gasteiger partial charge in [-0.3, -0.25) is 9.59 Å². The lowest BCUT2D eigenvalue weighted by Gasteiger charge is -2.35. The number of alkyl carbamates (subject to hydrolysis) is 1. The van der Waals surface area contributed by atoms with Crippen LogP contribution in [-0.2, 0) is 14.3 Å². The van der Waals surface area contributed by atoms with Crippen LogP contribution < -0.4 is 10.6 Å². The maximum Gasteiger partial charge on any atom is 0.408 e. The molecule has 2 rings (SSSR count). The Morgan fingerprint density at radius 3 is 2.45 bits per heavy atom. The van der Waals surface area contributed by atoms with Crippen molar-refractivity contribution in [1.29, 1.82) is 0 Å². The topological polar surface area (TPSA) is 87.7 Å². The molecule has 2 atom stereocenters. The smallest absolute Gasteiger partial charge is 0.408 e. The molecule has 0 saturated carbocycles. The first-order valence-corrected chi connectivity index (χ1v) is 16.3. The number of hydrogen-bond donors (Lipinski definition) is 2. The third-order valence-electron chi connectivity index (χ3n) is 6.63. The van der Waals surface area contributed by atoms with E-state index in [-0.39, 0.29) is 5.91 Å². The molecule has 0 aliphatic heterocycles. The molecule has 7 nitrogen and oxygen atoms in total. The molecule has 3 amide bonds. The predicted octanol–water partition coefficient (Wildman–Crippen LogP) is 8.03. The monoisotopic (exact) mass is 615 g/mol. The SMILES string of the molecule is C=Cc1cccc(C(C(=O)Nc2c(C)cccc2Cl)N(CCCCCC)C(=O)C(CCSC)NC(=O)OC(C)(C)C)c1. The Labute approximate surface area is 260 Å². The van der Waals surface area contributed by atoms with Crippen molar-refractivity contribution >= 4 is 53.0 Å². The lowest BCUT2D eigenvalue weighted by Crippen LogP contribution is -2.52. The molecule has 230 valence electrons. The van der Waals surface area contributed by atoms with Gasteiger partial charge in [0.05, 0.1) is 10.7 Å². The van der Waals surface area contributed by atoms with Gasteiger partial charge >= 0.3 is 6.09 Å². The number of rotatable bonds is 15. The molecule has 0 aromatic heterocycles. The highest BCUT2D eigenvalue weighted by molar-refractivity contribution is 7.98. The first-order valence-electron chi connectivity index (χ1n) is 14.5. The molecular formula is C33H46ClN3O4S. The standard InChI is InChI=1S/C33H46ClN3O4S/c1-8-10-11-12-20-37(31(39)27(19-21-42-7)35-32(40)41-33(4,5)6)29(25-17-14-16-24(9-2)22-25)30(38)36-28-23(3)15-13-18-26(28)34/h9,13-18,22,27,29H,2,8,10-12,19-21H2,1,3-7H3,(H,35,40)(H,36,38). The summed E-state index contributed by atoms with van der Waals surface area (Å²) in [5.74, 6) is -0.0964. The Bertz CT molecular complexity index is 1190. The summed E-state index contributed by atoms with van der Waals surface area (Å²) in [6, 6.07) is 11.0. The van der Waals surface area contributed by atoms with Crippen LogP contribution in [0, 0.1) is 6.92 Å². The van der Waals surface area contributed by atoms with Crippen LogP contribution in [-0.4, -0.2) is 53.0 Å². The minimum Gasteiger partial charge on any atom is -0.444 e. The van der Waals surface area contributed by atoms with Gasteiger partial charge in [-0.2, -0.15) is 11.8 Å². The molecule has 0 heterocycles. The van der Waals surface area contributed by atoms with E-state index in [2.05, 4.69) is 24.1 Å². The Morgan fingerprint density at radius 1 is 1.12 bits per heavy atom. The minimum absolute atomic E-state index is 0.336. The molecule has 0 fully saturated rings. The van der Waals surface area contributed by atoms with Crippen LogP contribution in [0.15, 0.2) is 49.0 Å². The second kappa shape index (κ2) is 17.2. The van der Waals surface area contributed by atoms with Crippen molar-refractivity contribution in [2.24, 2.45) is 0 Å². The van der Waals surface area contributed by atoms with Crippen LogP contribution in [0.25, 0.3) is 6.08 Å². The number of ether oxygens (including phenoxy) is 1. The quantitative estimate of drug-likeness (QED) is 0.198. The van der Waals surface area contributed by atoms with Gasteiger partial charge in [-0.15, -0.1) is 0 Å². The van der Waals surface area contributed by atoms with Crippen molar-refractivity contribution < 1.29 is 19.1 Å². The highest BCUT2D eigenvalue weighted by atomic mass is 35.5. The van der Waals surface area contributed by atoms with Crippen LogP contribution in [0.3, 0.4) is 0 Å². The Morgan fingerprint density at radius 2 is 1.83 bits per heavy atom. The van der Waals surface area contributed by atoms with Crippen molar-refractivity contribution in [1.82, 2.24) is 10.2 Å². The molecule has 0 bridgehead atoms. The summed E-state index contributed by atoms with van der Waals surface area (Å²) in [7, 11) is 0. The fourth-order valence-electron chi connectivity index (χ4n) is 4.53. The van der Waals surface area contributed by atoms with Gasteiger partial charge in [0.1, 0.15) is 17.7 Å². The second-order valence-electron chi connectivity index (χ2n) is 11.3. The van der Waals surface area contributed by atoms with Crippen LogP contribution in [0.5, 0.6) is 0 Å². The zero-order chi connectivity index (χ0) is 31.3. The minimum atomic E-state index is -0.980. The summed E-state index contributed by atoms with van der Waals surface area (Å²) in [4.78, 5) is 43.0. The third kappa shape index (κ3) is 11.0. The maximum atomic E-state index is 14.4. The lowest BCUT2D eigenvalue weighted by molar-refractivity contribution is -0.141. The first-order chi connectivity index (χ1) is 19.9. The molecule has 42 heavy (non-hydrogen) atoms. The van der Waals surface area contributed by atoms with Gasteiger partial charge in [-0.1, -0.05) is 80.8 Å².